The van der Waals surface area contributed by atoms with Gasteiger partial charge in [-0.05, 0) is 31.2 Å². The molecule has 0 saturated carbocycles. The Bertz CT molecular complexity index is 979. The summed E-state index contributed by atoms with van der Waals surface area (Å²) >= 11 is 1.41. The van der Waals surface area contributed by atoms with Crippen molar-refractivity contribution in [3.05, 3.63) is 60.2 Å². The van der Waals surface area contributed by atoms with Gasteiger partial charge in [-0.2, -0.15) is 0 Å². The highest BCUT2D eigenvalue weighted by molar-refractivity contribution is 7.99. The predicted molar refractivity (Wildman–Crippen MR) is 122 cm³/mol. The van der Waals surface area contributed by atoms with Crippen molar-refractivity contribution in [2.24, 2.45) is 0 Å². The summed E-state index contributed by atoms with van der Waals surface area (Å²) in [6.07, 6.45) is -0.711. The highest BCUT2D eigenvalue weighted by Gasteiger charge is 2.16. The van der Waals surface area contributed by atoms with Crippen LogP contribution >= 0.6 is 11.8 Å². The van der Waals surface area contributed by atoms with Crippen LogP contribution in [0.3, 0.4) is 0 Å². The fraction of sp³-hybridized carbons (Fsp3) is 0.348. The van der Waals surface area contributed by atoms with Crippen molar-refractivity contribution in [3.8, 4) is 17.1 Å². The van der Waals surface area contributed by atoms with Crippen LogP contribution in [0, 0.1) is 0 Å². The Morgan fingerprint density at radius 2 is 1.88 bits per heavy atom. The highest BCUT2D eigenvalue weighted by atomic mass is 32.2. The van der Waals surface area contributed by atoms with E-state index < -0.39 is 6.10 Å². The van der Waals surface area contributed by atoms with Gasteiger partial charge in [0, 0.05) is 18.4 Å². The van der Waals surface area contributed by atoms with E-state index in [1.165, 1.54) is 11.8 Å². The van der Waals surface area contributed by atoms with Crippen LogP contribution in [0.15, 0.2) is 59.8 Å². The van der Waals surface area contributed by atoms with Crippen molar-refractivity contribution in [2.45, 2.75) is 24.7 Å². The molecule has 2 aromatic carbocycles. The summed E-state index contributed by atoms with van der Waals surface area (Å²) in [7, 11) is 1.65. The number of carbonyl (C=O) groups excluding carboxylic acids is 1. The fourth-order valence-corrected chi connectivity index (χ4v) is 3.76. The topological polar surface area (TPSA) is 95.7 Å². The smallest absolute Gasteiger partial charge is 0.338 e. The molecule has 1 N–H and O–H groups in total. The largest absolute Gasteiger partial charge is 0.491 e. The van der Waals surface area contributed by atoms with Crippen LogP contribution in [0.4, 0.5) is 0 Å². The van der Waals surface area contributed by atoms with E-state index in [0.29, 0.717) is 42.0 Å². The average molecular weight is 458 g/mol. The lowest BCUT2D eigenvalue weighted by molar-refractivity contribution is 0.0526. The molecule has 0 spiro atoms. The van der Waals surface area contributed by atoms with Crippen LogP contribution in [0.5, 0.6) is 5.75 Å². The Morgan fingerprint density at radius 1 is 1.12 bits per heavy atom. The van der Waals surface area contributed by atoms with Gasteiger partial charge >= 0.3 is 5.97 Å². The van der Waals surface area contributed by atoms with Gasteiger partial charge in [0.1, 0.15) is 12.4 Å². The number of nitrogens with zero attached hydrogens (tertiary/aromatic N) is 3. The van der Waals surface area contributed by atoms with Gasteiger partial charge in [-0.15, -0.1) is 10.2 Å². The molecule has 9 heteroatoms. The number of carbonyl (C=O) groups is 1. The average Bonchev–Trinajstić information content (AvgIpc) is 3.23. The van der Waals surface area contributed by atoms with Crippen molar-refractivity contribution in [2.75, 3.05) is 32.7 Å². The zero-order valence-corrected chi connectivity index (χ0v) is 19.0. The number of thioether (sulfide) groups is 1. The molecule has 8 nitrogen and oxygen atoms in total. The molecule has 0 aliphatic carbocycles. The first-order valence-corrected chi connectivity index (χ1v) is 11.3. The zero-order chi connectivity index (χ0) is 22.8. The zero-order valence-electron chi connectivity index (χ0n) is 18.1. The summed E-state index contributed by atoms with van der Waals surface area (Å²) in [5.41, 5.74) is 1.43. The Morgan fingerprint density at radius 3 is 2.56 bits per heavy atom. The minimum Gasteiger partial charge on any atom is -0.491 e. The Kier molecular flexibility index (Phi) is 9.09. The summed E-state index contributed by atoms with van der Waals surface area (Å²) < 4.78 is 17.8. The van der Waals surface area contributed by atoms with Gasteiger partial charge < -0.3 is 19.3 Å². The van der Waals surface area contributed by atoms with E-state index in [-0.39, 0.29) is 12.6 Å². The monoisotopic (exact) mass is 457 g/mol. The van der Waals surface area contributed by atoms with Crippen LogP contribution in [0.1, 0.15) is 17.3 Å². The molecule has 0 radical (unpaired) electrons. The van der Waals surface area contributed by atoms with Crippen LogP contribution < -0.4 is 4.74 Å². The van der Waals surface area contributed by atoms with E-state index in [0.717, 1.165) is 11.4 Å². The molecule has 1 atom stereocenters. The quantitative estimate of drug-likeness (QED) is 0.327. The summed E-state index contributed by atoms with van der Waals surface area (Å²) in [6.45, 7) is 3.34. The van der Waals surface area contributed by atoms with E-state index in [9.17, 15) is 9.90 Å². The van der Waals surface area contributed by atoms with Gasteiger partial charge in [-0.25, -0.2) is 4.79 Å². The van der Waals surface area contributed by atoms with E-state index in [1.807, 2.05) is 34.9 Å². The lowest BCUT2D eigenvalue weighted by atomic mass is 10.2. The molecule has 0 fully saturated rings. The summed E-state index contributed by atoms with van der Waals surface area (Å²) in [5, 5.41) is 19.7. The first-order chi connectivity index (χ1) is 15.6. The third-order valence-electron chi connectivity index (χ3n) is 4.48. The van der Waals surface area contributed by atoms with E-state index in [1.54, 1.807) is 38.3 Å². The van der Waals surface area contributed by atoms with Crippen LogP contribution in [0.2, 0.25) is 0 Å². The van der Waals surface area contributed by atoms with Gasteiger partial charge in [-0.3, -0.25) is 4.57 Å². The molecule has 32 heavy (non-hydrogen) atoms. The molecule has 0 aliphatic heterocycles. The Hall–Kier alpha value is -2.88. The normalized spacial score (nSPS) is 11.8. The molecule has 170 valence electrons. The first-order valence-electron chi connectivity index (χ1n) is 10.3. The maximum atomic E-state index is 11.7. The first kappa shape index (κ1) is 23.8. The van der Waals surface area contributed by atoms with E-state index in [4.69, 9.17) is 14.2 Å². The number of esters is 1. The van der Waals surface area contributed by atoms with Crippen LogP contribution in [-0.2, 0) is 16.0 Å². The van der Waals surface area contributed by atoms with Gasteiger partial charge in [0.05, 0.1) is 31.4 Å². The summed E-state index contributed by atoms with van der Waals surface area (Å²) in [5.74, 6) is 1.35. The molecule has 0 bridgehead atoms. The fourth-order valence-electron chi connectivity index (χ4n) is 2.89. The number of aliphatic hydroxyl groups excluding tert-OH is 1. The Balaban J connectivity index is 1.56. The maximum Gasteiger partial charge on any atom is 0.338 e. The number of ether oxygens (including phenoxy) is 3. The van der Waals surface area contributed by atoms with Gasteiger partial charge in [0.25, 0.3) is 0 Å². The number of rotatable bonds is 12. The molecular formula is C23H27N3O5S. The molecular weight excluding hydrogens is 430 g/mol. The van der Waals surface area contributed by atoms with Crippen molar-refractivity contribution in [1.29, 1.82) is 0 Å². The second-order valence-corrected chi connectivity index (χ2v) is 7.82. The number of hydrogen-bond donors (Lipinski definition) is 1. The lowest BCUT2D eigenvalue weighted by Crippen LogP contribution is -2.20. The van der Waals surface area contributed by atoms with Crippen molar-refractivity contribution in [1.82, 2.24) is 14.8 Å². The number of aliphatic hydroxyl groups is 1. The predicted octanol–water partition coefficient (Wildman–Crippen LogP) is 3.30. The molecule has 0 saturated heterocycles. The number of aromatic nitrogens is 3. The highest BCUT2D eigenvalue weighted by Crippen LogP contribution is 2.24. The molecule has 1 heterocycles. The molecule has 3 aromatic rings. The standard InChI is InChI=1S/C23H27N3O5S/c1-3-30-22(28)18-9-11-20(12-10-18)31-15-19(27)16-32-23-25-24-21(26(23)13-14-29-2)17-7-5-4-6-8-17/h4-12,19,27H,3,13-16H2,1-2H3. The number of methoxy groups -OCH3 is 1. The van der Waals surface area contributed by atoms with Gasteiger partial charge in [0.2, 0.25) is 0 Å². The molecule has 1 aromatic heterocycles. The molecule has 1 unspecified atom stereocenters. The minimum atomic E-state index is -0.711. The third-order valence-corrected chi connectivity index (χ3v) is 5.59. The van der Waals surface area contributed by atoms with Gasteiger partial charge in [0.15, 0.2) is 11.0 Å². The van der Waals surface area contributed by atoms with E-state index in [2.05, 4.69) is 10.2 Å². The molecule has 0 amide bonds. The third kappa shape index (κ3) is 6.56. The minimum absolute atomic E-state index is 0.115. The van der Waals surface area contributed by atoms with Crippen molar-refractivity contribution in [3.63, 3.8) is 0 Å². The second-order valence-electron chi connectivity index (χ2n) is 6.84. The van der Waals surface area contributed by atoms with Crippen LogP contribution in [-0.4, -0.2) is 64.6 Å². The second kappa shape index (κ2) is 12.2. The summed E-state index contributed by atoms with van der Waals surface area (Å²) in [4.78, 5) is 11.7. The van der Waals surface area contributed by atoms with E-state index >= 15 is 0 Å². The van der Waals surface area contributed by atoms with Crippen LogP contribution in [0.25, 0.3) is 11.4 Å². The Labute approximate surface area is 191 Å². The van der Waals surface area contributed by atoms with Gasteiger partial charge in [-0.1, -0.05) is 42.1 Å². The summed E-state index contributed by atoms with van der Waals surface area (Å²) in [6, 6.07) is 16.5. The molecule has 3 rings (SSSR count). The lowest BCUT2D eigenvalue weighted by Gasteiger charge is -2.13. The maximum absolute atomic E-state index is 11.7. The number of benzene rings is 2. The SMILES string of the molecule is CCOC(=O)c1ccc(OCC(O)CSc2nnc(-c3ccccc3)n2CCOC)cc1. The molecule has 0 aliphatic rings. The van der Waals surface area contributed by atoms with Crippen molar-refractivity contribution >= 4 is 17.7 Å². The number of hydrogen-bond acceptors (Lipinski definition) is 8. The van der Waals surface area contributed by atoms with Crippen molar-refractivity contribution < 1.29 is 24.1 Å².